The monoisotopic (exact) mass is 382 g/mol. The molecule has 1 fully saturated rings. The normalized spacial score (nSPS) is 16.8. The van der Waals surface area contributed by atoms with E-state index in [1.807, 2.05) is 13.8 Å². The van der Waals surface area contributed by atoms with Gasteiger partial charge in [0.25, 0.3) is 0 Å². The van der Waals surface area contributed by atoms with E-state index in [9.17, 15) is 13.2 Å². The molecule has 2 rings (SSSR count). The quantitative estimate of drug-likeness (QED) is 0.734. The maximum Gasteiger partial charge on any atom is 0.243 e. The zero-order valence-corrected chi connectivity index (χ0v) is 16.8. The van der Waals surface area contributed by atoms with Crippen molar-refractivity contribution in [3.63, 3.8) is 0 Å². The van der Waals surface area contributed by atoms with E-state index in [4.69, 9.17) is 0 Å². The van der Waals surface area contributed by atoms with Crippen LogP contribution in [0.5, 0.6) is 0 Å². The van der Waals surface area contributed by atoms with Crippen molar-refractivity contribution < 1.29 is 13.2 Å². The number of carbonyl (C=O) groups excluding carboxylic acids is 1. The number of nitrogens with one attached hydrogen (secondary N) is 1. The van der Waals surface area contributed by atoms with Gasteiger partial charge in [0.05, 0.1) is 11.4 Å². The minimum atomic E-state index is -3.47. The van der Waals surface area contributed by atoms with Crippen LogP contribution in [0.4, 0.5) is 5.69 Å². The van der Waals surface area contributed by atoms with Crippen LogP contribution in [-0.2, 0) is 14.8 Å². The number of anilines is 1. The largest absolute Gasteiger partial charge is 0.325 e. The van der Waals surface area contributed by atoms with E-state index < -0.39 is 10.0 Å². The molecule has 1 aromatic rings. The number of carbonyl (C=O) groups is 1. The van der Waals surface area contributed by atoms with Gasteiger partial charge in [-0.1, -0.05) is 20.8 Å². The molecule has 1 aromatic carbocycles. The van der Waals surface area contributed by atoms with Crippen molar-refractivity contribution in [3.8, 4) is 0 Å². The lowest BCUT2D eigenvalue weighted by atomic mass is 10.3. The molecule has 1 aliphatic rings. The van der Waals surface area contributed by atoms with Gasteiger partial charge in [-0.25, -0.2) is 8.42 Å². The van der Waals surface area contributed by atoms with Crippen molar-refractivity contribution in [2.45, 2.75) is 25.7 Å². The predicted molar refractivity (Wildman–Crippen MR) is 104 cm³/mol. The maximum atomic E-state index is 12.5. The van der Waals surface area contributed by atoms with Crippen LogP contribution in [-0.4, -0.2) is 80.8 Å². The third kappa shape index (κ3) is 5.26. The molecule has 146 valence electrons. The van der Waals surface area contributed by atoms with Crippen LogP contribution >= 0.6 is 0 Å². The number of sulfonamides is 1. The number of piperazine rings is 1. The van der Waals surface area contributed by atoms with E-state index >= 15 is 0 Å². The smallest absolute Gasteiger partial charge is 0.243 e. The summed E-state index contributed by atoms with van der Waals surface area (Å²) in [6.45, 7) is 11.8. The zero-order valence-electron chi connectivity index (χ0n) is 15.9. The minimum absolute atomic E-state index is 0.0747. The summed E-state index contributed by atoms with van der Waals surface area (Å²) in [5.41, 5.74) is 0.612. The van der Waals surface area contributed by atoms with E-state index in [1.165, 1.54) is 4.31 Å². The van der Waals surface area contributed by atoms with Crippen molar-refractivity contribution in [3.05, 3.63) is 24.3 Å². The molecule has 0 aliphatic carbocycles. The van der Waals surface area contributed by atoms with Gasteiger partial charge in [0.1, 0.15) is 0 Å². The van der Waals surface area contributed by atoms with Gasteiger partial charge in [0, 0.05) is 45.0 Å². The molecule has 1 N–H and O–H groups in total. The highest BCUT2D eigenvalue weighted by Crippen LogP contribution is 2.18. The van der Waals surface area contributed by atoms with Crippen molar-refractivity contribution in [1.29, 1.82) is 0 Å². The van der Waals surface area contributed by atoms with Gasteiger partial charge in [-0.2, -0.15) is 4.31 Å². The van der Waals surface area contributed by atoms with Gasteiger partial charge in [-0.3, -0.25) is 9.69 Å². The second kappa shape index (κ2) is 9.45. The Hall–Kier alpha value is -1.48. The third-order valence-corrected chi connectivity index (χ3v) is 6.82. The Bertz CT molecular complexity index is 679. The Morgan fingerprint density at radius 1 is 1.00 bits per heavy atom. The van der Waals surface area contributed by atoms with Gasteiger partial charge in [-0.05, 0) is 30.8 Å². The molecule has 7 nitrogen and oxygen atoms in total. The van der Waals surface area contributed by atoms with Crippen LogP contribution in [0, 0.1) is 0 Å². The highest BCUT2D eigenvalue weighted by molar-refractivity contribution is 7.89. The lowest BCUT2D eigenvalue weighted by molar-refractivity contribution is -0.117. The average Bonchev–Trinajstić information content (AvgIpc) is 2.63. The first-order chi connectivity index (χ1) is 12.4. The van der Waals surface area contributed by atoms with Crippen LogP contribution in [0.2, 0.25) is 0 Å². The number of benzene rings is 1. The van der Waals surface area contributed by atoms with Crippen molar-refractivity contribution in [2.24, 2.45) is 0 Å². The van der Waals surface area contributed by atoms with Crippen LogP contribution in [0.1, 0.15) is 20.8 Å². The Morgan fingerprint density at radius 2 is 1.54 bits per heavy atom. The lowest BCUT2D eigenvalue weighted by Gasteiger charge is -2.33. The Kier molecular flexibility index (Phi) is 7.57. The average molecular weight is 383 g/mol. The van der Waals surface area contributed by atoms with E-state index in [2.05, 4.69) is 22.0 Å². The van der Waals surface area contributed by atoms with Gasteiger partial charge < -0.3 is 10.2 Å². The molecule has 0 unspecified atom stereocenters. The molecule has 26 heavy (non-hydrogen) atoms. The minimum Gasteiger partial charge on any atom is -0.325 e. The molecule has 0 atom stereocenters. The molecule has 0 aromatic heterocycles. The van der Waals surface area contributed by atoms with Gasteiger partial charge in [0.2, 0.25) is 15.9 Å². The molecule has 0 saturated carbocycles. The summed E-state index contributed by atoms with van der Waals surface area (Å²) in [4.78, 5) is 17.0. The molecule has 0 radical (unpaired) electrons. The molecule has 1 heterocycles. The number of hydrogen-bond donors (Lipinski definition) is 1. The Balaban J connectivity index is 1.92. The van der Waals surface area contributed by atoms with E-state index in [-0.39, 0.29) is 10.8 Å². The van der Waals surface area contributed by atoms with E-state index in [0.29, 0.717) is 25.3 Å². The van der Waals surface area contributed by atoms with Crippen LogP contribution < -0.4 is 5.32 Å². The van der Waals surface area contributed by atoms with Gasteiger partial charge in [-0.15, -0.1) is 0 Å². The van der Waals surface area contributed by atoms with E-state index in [0.717, 1.165) is 32.7 Å². The first-order valence-electron chi connectivity index (χ1n) is 9.25. The SMILES string of the molecule is CCN1CCN(CC(=O)Nc2ccc(S(=O)(=O)N(CC)CC)cc2)CC1. The maximum absolute atomic E-state index is 12.5. The fourth-order valence-corrected chi connectivity index (χ4v) is 4.55. The Labute approximate surface area is 157 Å². The molecule has 1 saturated heterocycles. The summed E-state index contributed by atoms with van der Waals surface area (Å²) < 4.78 is 26.4. The van der Waals surface area contributed by atoms with Crippen molar-refractivity contribution in [1.82, 2.24) is 14.1 Å². The van der Waals surface area contributed by atoms with Crippen molar-refractivity contribution in [2.75, 3.05) is 57.7 Å². The fraction of sp³-hybridized carbons (Fsp3) is 0.611. The van der Waals surface area contributed by atoms with Gasteiger partial charge in [0.15, 0.2) is 0 Å². The fourth-order valence-electron chi connectivity index (χ4n) is 3.09. The first-order valence-corrected chi connectivity index (χ1v) is 10.7. The number of nitrogens with zero attached hydrogens (tertiary/aromatic N) is 3. The summed E-state index contributed by atoms with van der Waals surface area (Å²) in [6, 6.07) is 6.37. The predicted octanol–water partition coefficient (Wildman–Crippen LogP) is 1.29. The highest BCUT2D eigenvalue weighted by Gasteiger charge is 2.21. The summed E-state index contributed by atoms with van der Waals surface area (Å²) in [5, 5.41) is 2.85. The van der Waals surface area contributed by atoms with E-state index in [1.54, 1.807) is 24.3 Å². The molecule has 0 bridgehead atoms. The standard InChI is InChI=1S/C18H30N4O3S/c1-4-20-11-13-21(14-12-20)15-18(23)19-16-7-9-17(10-8-16)26(24,25)22(5-2)6-3/h7-10H,4-6,11-15H2,1-3H3,(H,19,23). The van der Waals surface area contributed by atoms with Crippen LogP contribution in [0.15, 0.2) is 29.2 Å². The lowest BCUT2D eigenvalue weighted by Crippen LogP contribution is -2.48. The zero-order chi connectivity index (χ0) is 19.2. The summed E-state index contributed by atoms with van der Waals surface area (Å²) in [5.74, 6) is -0.0747. The molecular formula is C18H30N4O3S. The molecule has 8 heteroatoms. The summed E-state index contributed by atoms with van der Waals surface area (Å²) in [6.07, 6.45) is 0. The molecule has 0 spiro atoms. The topological polar surface area (TPSA) is 73.0 Å². The molecular weight excluding hydrogens is 352 g/mol. The summed E-state index contributed by atoms with van der Waals surface area (Å²) in [7, 11) is -3.47. The number of likely N-dealkylation sites (N-methyl/N-ethyl adjacent to an activating group) is 1. The van der Waals surface area contributed by atoms with Crippen LogP contribution in [0.25, 0.3) is 0 Å². The highest BCUT2D eigenvalue weighted by atomic mass is 32.2. The Morgan fingerprint density at radius 3 is 2.04 bits per heavy atom. The second-order valence-corrected chi connectivity index (χ2v) is 8.31. The number of rotatable bonds is 8. The van der Waals surface area contributed by atoms with Gasteiger partial charge >= 0.3 is 0 Å². The first kappa shape index (κ1) is 20.8. The number of amides is 1. The summed E-state index contributed by atoms with van der Waals surface area (Å²) >= 11 is 0. The second-order valence-electron chi connectivity index (χ2n) is 6.37. The van der Waals surface area contributed by atoms with Crippen LogP contribution in [0.3, 0.4) is 0 Å². The molecule has 1 aliphatic heterocycles. The number of hydrogen-bond acceptors (Lipinski definition) is 5. The van der Waals surface area contributed by atoms with Crippen molar-refractivity contribution >= 4 is 21.6 Å². The third-order valence-electron chi connectivity index (χ3n) is 4.76. The molecule has 1 amide bonds.